The number of nitrogens with zero attached hydrogens (tertiary/aromatic N) is 7. The van der Waals surface area contributed by atoms with Crippen LogP contribution in [-0.2, 0) is 12.7 Å². The highest BCUT2D eigenvalue weighted by molar-refractivity contribution is 5.45. The van der Waals surface area contributed by atoms with Crippen molar-refractivity contribution in [1.82, 2.24) is 29.8 Å². The summed E-state index contributed by atoms with van der Waals surface area (Å²) < 4.78 is 39.5. The molecule has 0 aromatic carbocycles. The molecule has 8 nitrogen and oxygen atoms in total. The zero-order chi connectivity index (χ0) is 17.3. The lowest BCUT2D eigenvalue weighted by Gasteiger charge is -2.11. The number of aromatic nitrogens is 6. The molecule has 0 bridgehead atoms. The van der Waals surface area contributed by atoms with Crippen LogP contribution < -0.4 is 10.2 Å². The Labute approximate surface area is 134 Å². The molecule has 11 heteroatoms. The minimum atomic E-state index is -4.52. The van der Waals surface area contributed by atoms with E-state index in [2.05, 4.69) is 30.6 Å². The van der Waals surface area contributed by atoms with Gasteiger partial charge in [-0.3, -0.25) is 0 Å². The predicted octanol–water partition coefficient (Wildman–Crippen LogP) is 1.61. The van der Waals surface area contributed by atoms with E-state index in [0.717, 1.165) is 12.3 Å². The summed E-state index contributed by atoms with van der Waals surface area (Å²) in [6.45, 7) is 0.0758. The fraction of sp³-hybridized carbons (Fsp3) is 0.308. The normalized spacial score (nSPS) is 11.7. The lowest BCUT2D eigenvalue weighted by atomic mass is 10.4. The van der Waals surface area contributed by atoms with Crippen molar-refractivity contribution in [3.63, 3.8) is 0 Å². The SMILES string of the molecule is CN(C)c1ccc2nnc(CNc3nccc(C(F)(F)F)n3)n2n1. The van der Waals surface area contributed by atoms with Crippen molar-refractivity contribution in [2.24, 2.45) is 0 Å². The number of hydrogen-bond acceptors (Lipinski definition) is 7. The van der Waals surface area contributed by atoms with E-state index in [4.69, 9.17) is 0 Å². The number of rotatable bonds is 4. The second-order valence-corrected chi connectivity index (χ2v) is 5.09. The molecule has 0 fully saturated rings. The van der Waals surface area contributed by atoms with Gasteiger partial charge >= 0.3 is 6.18 Å². The average Bonchev–Trinajstić information content (AvgIpc) is 2.94. The Kier molecular flexibility index (Phi) is 3.91. The molecule has 3 heterocycles. The van der Waals surface area contributed by atoms with E-state index in [-0.39, 0.29) is 12.5 Å². The molecule has 0 aliphatic heterocycles. The fourth-order valence-electron chi connectivity index (χ4n) is 1.93. The molecule has 24 heavy (non-hydrogen) atoms. The van der Waals surface area contributed by atoms with Crippen LogP contribution in [0, 0.1) is 0 Å². The topological polar surface area (TPSA) is 84.1 Å². The molecule has 126 valence electrons. The summed E-state index contributed by atoms with van der Waals surface area (Å²) in [5.41, 5.74) is -0.485. The quantitative estimate of drug-likeness (QED) is 0.774. The first kappa shape index (κ1) is 15.9. The van der Waals surface area contributed by atoms with Crippen LogP contribution in [-0.4, -0.2) is 43.9 Å². The molecular formula is C13H13F3N8. The molecule has 0 aliphatic carbocycles. The highest BCUT2D eigenvalue weighted by Crippen LogP contribution is 2.27. The number of anilines is 2. The third-order valence-electron chi connectivity index (χ3n) is 3.12. The van der Waals surface area contributed by atoms with E-state index in [9.17, 15) is 13.2 Å². The Morgan fingerprint density at radius 2 is 1.96 bits per heavy atom. The maximum absolute atomic E-state index is 12.7. The van der Waals surface area contributed by atoms with Crippen molar-refractivity contribution in [2.75, 3.05) is 24.3 Å². The highest BCUT2D eigenvalue weighted by Gasteiger charge is 2.32. The van der Waals surface area contributed by atoms with Gasteiger partial charge in [0.15, 0.2) is 11.5 Å². The van der Waals surface area contributed by atoms with Gasteiger partial charge < -0.3 is 10.2 Å². The molecule has 0 saturated carbocycles. The van der Waals surface area contributed by atoms with Gasteiger partial charge in [-0.05, 0) is 18.2 Å². The molecule has 0 aliphatic rings. The smallest absolute Gasteiger partial charge is 0.361 e. The van der Waals surface area contributed by atoms with Crippen LogP contribution in [0.1, 0.15) is 11.5 Å². The second kappa shape index (κ2) is 5.91. The van der Waals surface area contributed by atoms with Crippen LogP contribution in [0.5, 0.6) is 0 Å². The summed E-state index contributed by atoms with van der Waals surface area (Å²) >= 11 is 0. The lowest BCUT2D eigenvalue weighted by Crippen LogP contribution is -2.15. The Morgan fingerprint density at radius 3 is 2.67 bits per heavy atom. The molecule has 0 atom stereocenters. The van der Waals surface area contributed by atoms with Crippen LogP contribution in [0.4, 0.5) is 24.9 Å². The predicted molar refractivity (Wildman–Crippen MR) is 79.5 cm³/mol. The van der Waals surface area contributed by atoms with Crippen LogP contribution in [0.25, 0.3) is 5.65 Å². The van der Waals surface area contributed by atoms with Gasteiger partial charge in [-0.15, -0.1) is 15.3 Å². The van der Waals surface area contributed by atoms with E-state index in [1.807, 2.05) is 19.0 Å². The van der Waals surface area contributed by atoms with Crippen LogP contribution >= 0.6 is 0 Å². The Bertz CT molecular complexity index is 858. The van der Waals surface area contributed by atoms with Crippen molar-refractivity contribution in [2.45, 2.75) is 12.7 Å². The molecule has 0 radical (unpaired) electrons. The average molecular weight is 338 g/mol. The largest absolute Gasteiger partial charge is 0.433 e. The van der Waals surface area contributed by atoms with E-state index in [1.54, 1.807) is 12.1 Å². The van der Waals surface area contributed by atoms with Crippen molar-refractivity contribution in [3.8, 4) is 0 Å². The van der Waals surface area contributed by atoms with Crippen molar-refractivity contribution in [3.05, 3.63) is 35.9 Å². The van der Waals surface area contributed by atoms with Gasteiger partial charge in [-0.2, -0.15) is 17.7 Å². The molecule has 0 amide bonds. The maximum atomic E-state index is 12.7. The number of alkyl halides is 3. The zero-order valence-electron chi connectivity index (χ0n) is 12.8. The Morgan fingerprint density at radius 1 is 1.17 bits per heavy atom. The third-order valence-corrected chi connectivity index (χ3v) is 3.12. The van der Waals surface area contributed by atoms with Gasteiger partial charge in [0.05, 0.1) is 6.54 Å². The van der Waals surface area contributed by atoms with E-state index in [0.29, 0.717) is 17.3 Å². The van der Waals surface area contributed by atoms with Crippen LogP contribution in [0.2, 0.25) is 0 Å². The minimum absolute atomic E-state index is 0.0758. The summed E-state index contributed by atoms with van der Waals surface area (Å²) in [6.07, 6.45) is -3.48. The number of hydrogen-bond donors (Lipinski definition) is 1. The van der Waals surface area contributed by atoms with Crippen molar-refractivity contribution in [1.29, 1.82) is 0 Å². The summed E-state index contributed by atoms with van der Waals surface area (Å²) in [6, 6.07) is 4.35. The van der Waals surface area contributed by atoms with Crippen molar-refractivity contribution >= 4 is 17.4 Å². The lowest BCUT2D eigenvalue weighted by molar-refractivity contribution is -0.141. The first-order valence-corrected chi connectivity index (χ1v) is 6.87. The van der Waals surface area contributed by atoms with E-state index >= 15 is 0 Å². The number of fused-ring (bicyclic) bond motifs is 1. The van der Waals surface area contributed by atoms with Crippen molar-refractivity contribution < 1.29 is 13.2 Å². The van der Waals surface area contributed by atoms with Gasteiger partial charge in [0.25, 0.3) is 0 Å². The molecular weight excluding hydrogens is 325 g/mol. The van der Waals surface area contributed by atoms with Gasteiger partial charge in [-0.25, -0.2) is 9.97 Å². The van der Waals surface area contributed by atoms with E-state index in [1.165, 1.54) is 4.52 Å². The molecule has 0 spiro atoms. The van der Waals surface area contributed by atoms with Gasteiger partial charge in [0.1, 0.15) is 11.5 Å². The molecule has 3 aromatic rings. The number of nitrogens with one attached hydrogen (secondary N) is 1. The Balaban J connectivity index is 1.82. The third kappa shape index (κ3) is 3.19. The summed E-state index contributed by atoms with van der Waals surface area (Å²) in [4.78, 5) is 9.02. The molecule has 1 N–H and O–H groups in total. The van der Waals surface area contributed by atoms with Gasteiger partial charge in [0.2, 0.25) is 5.95 Å². The van der Waals surface area contributed by atoms with Gasteiger partial charge in [0, 0.05) is 20.3 Å². The first-order valence-electron chi connectivity index (χ1n) is 6.87. The maximum Gasteiger partial charge on any atom is 0.433 e. The standard InChI is InChI=1S/C13H13F3N8/c1-23(2)10-4-3-9-20-21-11(24(9)22-10)7-18-12-17-6-5-8(19-12)13(14,15)16/h3-6H,7H2,1-2H3,(H,17,18,19). The number of halogens is 3. The molecule has 0 unspecified atom stereocenters. The summed E-state index contributed by atoms with van der Waals surface area (Å²) in [5, 5.41) is 15.0. The van der Waals surface area contributed by atoms with Crippen LogP contribution in [0.15, 0.2) is 24.4 Å². The molecule has 3 aromatic heterocycles. The fourth-order valence-corrected chi connectivity index (χ4v) is 1.93. The zero-order valence-corrected chi connectivity index (χ0v) is 12.8. The van der Waals surface area contributed by atoms with Gasteiger partial charge in [-0.1, -0.05) is 0 Å². The Hall–Kier alpha value is -2.98. The summed E-state index contributed by atoms with van der Waals surface area (Å²) in [7, 11) is 3.68. The van der Waals surface area contributed by atoms with Crippen LogP contribution in [0.3, 0.4) is 0 Å². The highest BCUT2D eigenvalue weighted by atomic mass is 19.4. The molecule has 0 saturated heterocycles. The summed E-state index contributed by atoms with van der Waals surface area (Å²) in [5.74, 6) is 0.971. The first-order chi connectivity index (χ1) is 11.3. The minimum Gasteiger partial charge on any atom is -0.361 e. The van der Waals surface area contributed by atoms with E-state index < -0.39 is 11.9 Å². The molecule has 3 rings (SSSR count). The second-order valence-electron chi connectivity index (χ2n) is 5.09. The monoisotopic (exact) mass is 338 g/mol.